The van der Waals surface area contributed by atoms with Gasteiger partial charge in [0, 0.05) is 6.04 Å². The molecule has 0 saturated heterocycles. The summed E-state index contributed by atoms with van der Waals surface area (Å²) >= 11 is 0. The van der Waals surface area contributed by atoms with E-state index in [4.69, 9.17) is 0 Å². The normalized spacial score (nSPS) is 36.7. The van der Waals surface area contributed by atoms with Crippen LogP contribution in [0.25, 0.3) is 0 Å². The first-order valence-corrected chi connectivity index (χ1v) is 6.73. The Morgan fingerprint density at radius 1 is 1.20 bits per heavy atom. The van der Waals surface area contributed by atoms with Crippen LogP contribution in [0.2, 0.25) is 0 Å². The number of allylic oxidation sites excluding steroid dienone is 2. The molecule has 0 spiro atoms. The van der Waals surface area contributed by atoms with Crippen LogP contribution in [-0.2, 0) is 0 Å². The molecule has 0 aromatic rings. The highest BCUT2D eigenvalue weighted by atomic mass is 14.9. The summed E-state index contributed by atoms with van der Waals surface area (Å²) < 4.78 is 0. The van der Waals surface area contributed by atoms with Gasteiger partial charge in [-0.25, -0.2) is 0 Å². The average Bonchev–Trinajstić information content (AvgIpc) is 2.28. The second-order valence-electron chi connectivity index (χ2n) is 5.53. The fraction of sp³-hybridized carbons (Fsp3) is 0.857. The van der Waals surface area contributed by atoms with Crippen LogP contribution in [0.5, 0.6) is 0 Å². The van der Waals surface area contributed by atoms with Crippen molar-refractivity contribution in [1.29, 1.82) is 0 Å². The highest BCUT2D eigenvalue weighted by molar-refractivity contribution is 4.91. The molecule has 1 fully saturated rings. The first-order valence-electron chi connectivity index (χ1n) is 6.73. The summed E-state index contributed by atoms with van der Waals surface area (Å²) in [4.78, 5) is 0. The molecule has 0 amide bonds. The molecule has 0 aliphatic heterocycles. The first-order chi connectivity index (χ1) is 7.34. The third-order valence-corrected chi connectivity index (χ3v) is 4.01. The Labute approximate surface area is 94.3 Å². The van der Waals surface area contributed by atoms with Gasteiger partial charge in [-0.15, -0.1) is 0 Å². The van der Waals surface area contributed by atoms with Gasteiger partial charge in [0.1, 0.15) is 0 Å². The Morgan fingerprint density at radius 2 is 2.13 bits per heavy atom. The minimum absolute atomic E-state index is 0.819. The minimum atomic E-state index is 0.819. The Balaban J connectivity index is 1.66. The molecular formula is C14H25N. The van der Waals surface area contributed by atoms with Crippen LogP contribution in [0.1, 0.15) is 51.9 Å². The summed E-state index contributed by atoms with van der Waals surface area (Å²) in [6, 6.07) is 0.819. The molecule has 0 heterocycles. The standard InChI is InChI=1S/C14H25N/c1-12-6-5-9-14(10-12)15-11-13-7-3-2-4-8-13/h2-3,12-15H,4-11H2,1H3. The van der Waals surface area contributed by atoms with Gasteiger partial charge >= 0.3 is 0 Å². The Hall–Kier alpha value is -0.300. The minimum Gasteiger partial charge on any atom is -0.314 e. The number of rotatable bonds is 3. The largest absolute Gasteiger partial charge is 0.314 e. The van der Waals surface area contributed by atoms with E-state index < -0.39 is 0 Å². The lowest BCUT2D eigenvalue weighted by molar-refractivity contribution is 0.285. The number of hydrogen-bond acceptors (Lipinski definition) is 1. The number of nitrogens with one attached hydrogen (secondary N) is 1. The predicted octanol–water partition coefficient (Wildman–Crippen LogP) is 3.51. The summed E-state index contributed by atoms with van der Waals surface area (Å²) in [6.45, 7) is 3.65. The highest BCUT2D eigenvalue weighted by Gasteiger charge is 2.19. The summed E-state index contributed by atoms with van der Waals surface area (Å²) in [6.07, 6.45) is 14.4. The van der Waals surface area contributed by atoms with E-state index in [1.807, 2.05) is 0 Å². The Bertz CT molecular complexity index is 209. The van der Waals surface area contributed by atoms with Gasteiger partial charge in [0.05, 0.1) is 0 Å². The van der Waals surface area contributed by atoms with Crippen molar-refractivity contribution in [2.45, 2.75) is 57.9 Å². The van der Waals surface area contributed by atoms with Crippen LogP contribution in [0.15, 0.2) is 12.2 Å². The zero-order valence-corrected chi connectivity index (χ0v) is 10.0. The van der Waals surface area contributed by atoms with Crippen molar-refractivity contribution in [3.05, 3.63) is 12.2 Å². The van der Waals surface area contributed by atoms with Crippen molar-refractivity contribution in [2.75, 3.05) is 6.54 Å². The second-order valence-corrected chi connectivity index (χ2v) is 5.53. The third-order valence-electron chi connectivity index (χ3n) is 4.01. The zero-order valence-electron chi connectivity index (χ0n) is 10.0. The fourth-order valence-electron chi connectivity index (χ4n) is 2.99. The molecule has 1 N–H and O–H groups in total. The zero-order chi connectivity index (χ0) is 10.5. The van der Waals surface area contributed by atoms with Crippen LogP contribution >= 0.6 is 0 Å². The maximum Gasteiger partial charge on any atom is 0.00697 e. The van der Waals surface area contributed by atoms with Crippen molar-refractivity contribution in [3.63, 3.8) is 0 Å². The molecule has 2 aliphatic carbocycles. The smallest absolute Gasteiger partial charge is 0.00697 e. The molecule has 0 aromatic carbocycles. The van der Waals surface area contributed by atoms with Gasteiger partial charge in [-0.05, 0) is 50.5 Å². The highest BCUT2D eigenvalue weighted by Crippen LogP contribution is 2.24. The summed E-state index contributed by atoms with van der Waals surface area (Å²) in [5.41, 5.74) is 0. The van der Waals surface area contributed by atoms with Gasteiger partial charge in [0.2, 0.25) is 0 Å². The quantitative estimate of drug-likeness (QED) is 0.698. The molecular weight excluding hydrogens is 182 g/mol. The van der Waals surface area contributed by atoms with Crippen LogP contribution in [0.4, 0.5) is 0 Å². The molecule has 1 heteroatoms. The molecule has 2 rings (SSSR count). The molecule has 0 radical (unpaired) electrons. The van der Waals surface area contributed by atoms with E-state index in [1.165, 1.54) is 51.5 Å². The van der Waals surface area contributed by atoms with Crippen LogP contribution < -0.4 is 5.32 Å². The van der Waals surface area contributed by atoms with Crippen molar-refractivity contribution in [2.24, 2.45) is 11.8 Å². The Morgan fingerprint density at radius 3 is 2.87 bits per heavy atom. The topological polar surface area (TPSA) is 12.0 Å². The fourth-order valence-corrected chi connectivity index (χ4v) is 2.99. The third kappa shape index (κ3) is 3.64. The molecule has 3 atom stereocenters. The van der Waals surface area contributed by atoms with E-state index in [2.05, 4.69) is 24.4 Å². The van der Waals surface area contributed by atoms with E-state index in [1.54, 1.807) is 0 Å². The molecule has 0 aromatic heterocycles. The van der Waals surface area contributed by atoms with Crippen molar-refractivity contribution < 1.29 is 0 Å². The first kappa shape index (κ1) is 11.2. The SMILES string of the molecule is CC1CCCC(NCC2CC=CCC2)C1. The molecule has 2 aliphatic rings. The van der Waals surface area contributed by atoms with Gasteiger partial charge in [-0.2, -0.15) is 0 Å². The van der Waals surface area contributed by atoms with Crippen molar-refractivity contribution in [3.8, 4) is 0 Å². The second kappa shape index (κ2) is 5.69. The van der Waals surface area contributed by atoms with Crippen LogP contribution in [0.3, 0.4) is 0 Å². The van der Waals surface area contributed by atoms with E-state index in [9.17, 15) is 0 Å². The van der Waals surface area contributed by atoms with Crippen molar-refractivity contribution in [1.82, 2.24) is 5.32 Å². The van der Waals surface area contributed by atoms with Crippen LogP contribution in [0, 0.1) is 11.8 Å². The number of hydrogen-bond donors (Lipinski definition) is 1. The lowest BCUT2D eigenvalue weighted by Gasteiger charge is -2.29. The molecule has 15 heavy (non-hydrogen) atoms. The Kier molecular flexibility index (Phi) is 4.25. The maximum absolute atomic E-state index is 3.79. The van der Waals surface area contributed by atoms with Gasteiger partial charge in [-0.1, -0.05) is 31.9 Å². The lowest BCUT2D eigenvalue weighted by atomic mass is 9.86. The predicted molar refractivity (Wildman–Crippen MR) is 65.9 cm³/mol. The summed E-state index contributed by atoms with van der Waals surface area (Å²) in [5.74, 6) is 1.86. The van der Waals surface area contributed by atoms with E-state index in [0.29, 0.717) is 0 Å². The van der Waals surface area contributed by atoms with Gasteiger partial charge in [-0.3, -0.25) is 0 Å². The van der Waals surface area contributed by atoms with Gasteiger partial charge < -0.3 is 5.32 Å². The summed E-state index contributed by atoms with van der Waals surface area (Å²) in [5, 5.41) is 3.79. The van der Waals surface area contributed by atoms with Crippen molar-refractivity contribution >= 4 is 0 Å². The molecule has 0 bridgehead atoms. The van der Waals surface area contributed by atoms with E-state index in [0.717, 1.165) is 17.9 Å². The molecule has 1 nitrogen and oxygen atoms in total. The van der Waals surface area contributed by atoms with E-state index in [-0.39, 0.29) is 0 Å². The molecule has 86 valence electrons. The van der Waals surface area contributed by atoms with Gasteiger partial charge in [0.25, 0.3) is 0 Å². The molecule has 3 unspecified atom stereocenters. The molecule has 1 saturated carbocycles. The van der Waals surface area contributed by atoms with E-state index >= 15 is 0 Å². The monoisotopic (exact) mass is 207 g/mol. The maximum atomic E-state index is 3.79. The average molecular weight is 207 g/mol. The lowest BCUT2D eigenvalue weighted by Crippen LogP contribution is -2.36. The van der Waals surface area contributed by atoms with Crippen LogP contribution in [-0.4, -0.2) is 12.6 Å². The van der Waals surface area contributed by atoms with Gasteiger partial charge in [0.15, 0.2) is 0 Å². The summed E-state index contributed by atoms with van der Waals surface area (Å²) in [7, 11) is 0.